The minimum atomic E-state index is 0.519. The van der Waals surface area contributed by atoms with Crippen LogP contribution in [-0.2, 0) is 4.74 Å². The fraction of sp³-hybridized carbons (Fsp3) is 1.00. The smallest absolute Gasteiger partial charge is 0.0600 e. The van der Waals surface area contributed by atoms with Crippen molar-refractivity contribution in [3.63, 3.8) is 0 Å². The van der Waals surface area contributed by atoms with Gasteiger partial charge in [-0.25, -0.2) is 0 Å². The minimum Gasteiger partial charge on any atom is -0.378 e. The zero-order valence-electron chi connectivity index (χ0n) is 8.09. The molecule has 0 radical (unpaired) electrons. The number of nitrogens with two attached hydrogens (primary N) is 1. The summed E-state index contributed by atoms with van der Waals surface area (Å²) in [5.41, 5.74) is 5.40. The predicted molar refractivity (Wildman–Crippen MR) is 51.0 cm³/mol. The lowest BCUT2D eigenvalue weighted by atomic mass is 9.88. The Balaban J connectivity index is 2.11. The van der Waals surface area contributed by atoms with Gasteiger partial charge in [0.25, 0.3) is 0 Å². The summed E-state index contributed by atoms with van der Waals surface area (Å²) in [5.74, 6) is 0.761. The Bertz CT molecular complexity index is 116. The quantitative estimate of drug-likeness (QED) is 0.656. The van der Waals surface area contributed by atoms with Gasteiger partial charge in [-0.15, -0.1) is 0 Å². The summed E-state index contributed by atoms with van der Waals surface area (Å²) in [5, 5.41) is 0. The molecule has 0 saturated heterocycles. The largest absolute Gasteiger partial charge is 0.378 e. The van der Waals surface area contributed by atoms with E-state index in [2.05, 4.69) is 6.92 Å². The highest BCUT2D eigenvalue weighted by atomic mass is 16.5. The molecule has 0 spiro atoms. The SMILES string of the molecule is CC1CCCCC1OCCCN. The summed E-state index contributed by atoms with van der Waals surface area (Å²) >= 11 is 0. The van der Waals surface area contributed by atoms with Gasteiger partial charge in [0.15, 0.2) is 0 Å². The maximum absolute atomic E-state index is 5.76. The summed E-state index contributed by atoms with van der Waals surface area (Å²) in [7, 11) is 0. The lowest BCUT2D eigenvalue weighted by Gasteiger charge is -2.28. The topological polar surface area (TPSA) is 35.2 Å². The van der Waals surface area contributed by atoms with Crippen LogP contribution in [0.5, 0.6) is 0 Å². The molecule has 2 N–H and O–H groups in total. The van der Waals surface area contributed by atoms with Crippen molar-refractivity contribution in [1.29, 1.82) is 0 Å². The van der Waals surface area contributed by atoms with E-state index in [1.165, 1.54) is 25.7 Å². The van der Waals surface area contributed by atoms with Crippen molar-refractivity contribution in [3.05, 3.63) is 0 Å². The van der Waals surface area contributed by atoms with E-state index in [-0.39, 0.29) is 0 Å². The maximum atomic E-state index is 5.76. The minimum absolute atomic E-state index is 0.519. The van der Waals surface area contributed by atoms with Gasteiger partial charge in [-0.1, -0.05) is 19.8 Å². The summed E-state index contributed by atoms with van der Waals surface area (Å²) in [6.07, 6.45) is 6.85. The van der Waals surface area contributed by atoms with E-state index in [4.69, 9.17) is 10.5 Å². The van der Waals surface area contributed by atoms with Gasteiger partial charge in [-0.05, 0) is 31.7 Å². The first-order valence-corrected chi connectivity index (χ1v) is 5.16. The molecular formula is C10H21NO. The van der Waals surface area contributed by atoms with Crippen molar-refractivity contribution >= 4 is 0 Å². The molecule has 2 unspecified atom stereocenters. The first kappa shape index (κ1) is 10.0. The lowest BCUT2D eigenvalue weighted by molar-refractivity contribution is -0.00515. The van der Waals surface area contributed by atoms with Gasteiger partial charge in [-0.3, -0.25) is 0 Å². The van der Waals surface area contributed by atoms with Crippen LogP contribution in [-0.4, -0.2) is 19.3 Å². The Labute approximate surface area is 75.5 Å². The molecule has 72 valence electrons. The summed E-state index contributed by atoms with van der Waals surface area (Å²) in [6.45, 7) is 3.90. The summed E-state index contributed by atoms with van der Waals surface area (Å²) < 4.78 is 5.76. The van der Waals surface area contributed by atoms with Crippen molar-refractivity contribution in [2.75, 3.05) is 13.2 Å². The van der Waals surface area contributed by atoms with E-state index in [0.29, 0.717) is 6.10 Å². The lowest BCUT2D eigenvalue weighted by Crippen LogP contribution is -2.26. The highest BCUT2D eigenvalue weighted by Crippen LogP contribution is 2.26. The van der Waals surface area contributed by atoms with Crippen molar-refractivity contribution in [3.8, 4) is 0 Å². The third-order valence-corrected chi connectivity index (χ3v) is 2.71. The molecule has 2 heteroatoms. The fourth-order valence-corrected chi connectivity index (χ4v) is 1.85. The number of hydrogen-bond donors (Lipinski definition) is 1. The average molecular weight is 171 g/mol. The molecule has 0 aromatic heterocycles. The van der Waals surface area contributed by atoms with Crippen LogP contribution in [0.1, 0.15) is 39.0 Å². The zero-order valence-corrected chi connectivity index (χ0v) is 8.09. The zero-order chi connectivity index (χ0) is 8.81. The highest BCUT2D eigenvalue weighted by Gasteiger charge is 2.21. The molecule has 1 rings (SSSR count). The van der Waals surface area contributed by atoms with Crippen LogP contribution in [0.3, 0.4) is 0 Å². The molecule has 2 nitrogen and oxygen atoms in total. The van der Waals surface area contributed by atoms with Crippen molar-refractivity contribution < 1.29 is 4.74 Å². The Kier molecular flexibility index (Phi) is 4.62. The maximum Gasteiger partial charge on any atom is 0.0600 e. The van der Waals surface area contributed by atoms with Gasteiger partial charge in [0.05, 0.1) is 6.10 Å². The van der Waals surface area contributed by atoms with Gasteiger partial charge in [-0.2, -0.15) is 0 Å². The highest BCUT2D eigenvalue weighted by molar-refractivity contribution is 4.72. The fourth-order valence-electron chi connectivity index (χ4n) is 1.85. The number of ether oxygens (including phenoxy) is 1. The van der Waals surface area contributed by atoms with Gasteiger partial charge in [0.1, 0.15) is 0 Å². The van der Waals surface area contributed by atoms with E-state index < -0.39 is 0 Å². The van der Waals surface area contributed by atoms with E-state index >= 15 is 0 Å². The standard InChI is InChI=1S/C10H21NO/c1-9-5-2-3-6-10(9)12-8-4-7-11/h9-10H,2-8,11H2,1H3. The van der Waals surface area contributed by atoms with Crippen LogP contribution in [0.15, 0.2) is 0 Å². The third kappa shape index (κ3) is 3.11. The molecule has 1 aliphatic rings. The summed E-state index contributed by atoms with van der Waals surface area (Å²) in [6, 6.07) is 0. The molecule has 0 amide bonds. The number of hydrogen-bond acceptors (Lipinski definition) is 2. The molecule has 0 aromatic rings. The van der Waals surface area contributed by atoms with Crippen molar-refractivity contribution in [2.24, 2.45) is 11.7 Å². The van der Waals surface area contributed by atoms with Crippen molar-refractivity contribution in [1.82, 2.24) is 0 Å². The van der Waals surface area contributed by atoms with Crippen molar-refractivity contribution in [2.45, 2.75) is 45.1 Å². The Morgan fingerprint density at radius 3 is 2.75 bits per heavy atom. The second-order valence-electron chi connectivity index (χ2n) is 3.81. The van der Waals surface area contributed by atoms with Crippen LogP contribution in [0, 0.1) is 5.92 Å². The monoisotopic (exact) mass is 171 g/mol. The van der Waals surface area contributed by atoms with E-state index in [0.717, 1.165) is 25.5 Å². The Morgan fingerprint density at radius 1 is 1.33 bits per heavy atom. The van der Waals surface area contributed by atoms with Crippen LogP contribution in [0.4, 0.5) is 0 Å². The molecule has 0 bridgehead atoms. The predicted octanol–water partition coefficient (Wildman–Crippen LogP) is 1.93. The molecular weight excluding hydrogens is 150 g/mol. The Morgan fingerprint density at radius 2 is 2.08 bits per heavy atom. The Hall–Kier alpha value is -0.0800. The van der Waals surface area contributed by atoms with Gasteiger partial charge >= 0.3 is 0 Å². The van der Waals surface area contributed by atoms with Gasteiger partial charge < -0.3 is 10.5 Å². The summed E-state index contributed by atoms with van der Waals surface area (Å²) in [4.78, 5) is 0. The van der Waals surface area contributed by atoms with Crippen LogP contribution in [0.25, 0.3) is 0 Å². The van der Waals surface area contributed by atoms with E-state index in [1.54, 1.807) is 0 Å². The molecule has 1 aliphatic carbocycles. The average Bonchev–Trinajstić information content (AvgIpc) is 2.09. The van der Waals surface area contributed by atoms with Gasteiger partial charge in [0, 0.05) is 6.61 Å². The molecule has 0 heterocycles. The molecule has 2 atom stereocenters. The molecule has 0 aliphatic heterocycles. The second kappa shape index (κ2) is 5.55. The first-order chi connectivity index (χ1) is 5.84. The molecule has 12 heavy (non-hydrogen) atoms. The van der Waals surface area contributed by atoms with Crippen LogP contribution >= 0.6 is 0 Å². The van der Waals surface area contributed by atoms with Crippen LogP contribution < -0.4 is 5.73 Å². The van der Waals surface area contributed by atoms with Gasteiger partial charge in [0.2, 0.25) is 0 Å². The van der Waals surface area contributed by atoms with Crippen LogP contribution in [0.2, 0.25) is 0 Å². The van der Waals surface area contributed by atoms with E-state index in [1.807, 2.05) is 0 Å². The molecule has 1 saturated carbocycles. The second-order valence-corrected chi connectivity index (χ2v) is 3.81. The third-order valence-electron chi connectivity index (χ3n) is 2.71. The molecule has 0 aromatic carbocycles. The first-order valence-electron chi connectivity index (χ1n) is 5.16. The number of rotatable bonds is 4. The molecule has 1 fully saturated rings. The van der Waals surface area contributed by atoms with E-state index in [9.17, 15) is 0 Å². The normalized spacial score (nSPS) is 30.5.